The number of fused-ring (bicyclic) bond motifs is 1. The third-order valence-electron chi connectivity index (χ3n) is 5.00. The fourth-order valence-electron chi connectivity index (χ4n) is 3.51. The standard InChI is InChI=1S/C24H26ClN3O2/c1-4-5-6-12-28-13-11-17-14-18(7-9-21(17)28)23-26-24(30-27-23)19-8-10-22(20(25)15-19)29-16(2)3/h7-11,13-16H,4-6,12H2,1-3H3. The Morgan fingerprint density at radius 1 is 1.07 bits per heavy atom. The van der Waals surface area contributed by atoms with Crippen molar-refractivity contribution in [3.8, 4) is 28.6 Å². The molecule has 2 aromatic carbocycles. The van der Waals surface area contributed by atoms with Gasteiger partial charge in [-0.2, -0.15) is 4.98 Å². The highest BCUT2D eigenvalue weighted by Crippen LogP contribution is 2.32. The molecule has 30 heavy (non-hydrogen) atoms. The van der Waals surface area contributed by atoms with Crippen LogP contribution in [0.4, 0.5) is 0 Å². The van der Waals surface area contributed by atoms with E-state index in [1.165, 1.54) is 30.2 Å². The maximum atomic E-state index is 6.34. The summed E-state index contributed by atoms with van der Waals surface area (Å²) in [7, 11) is 0. The number of unbranched alkanes of at least 4 members (excludes halogenated alkanes) is 2. The number of benzene rings is 2. The molecule has 2 aromatic heterocycles. The van der Waals surface area contributed by atoms with Crippen molar-refractivity contribution in [1.82, 2.24) is 14.7 Å². The smallest absolute Gasteiger partial charge is 0.258 e. The number of aromatic nitrogens is 3. The van der Waals surface area contributed by atoms with Gasteiger partial charge in [0, 0.05) is 34.8 Å². The minimum Gasteiger partial charge on any atom is -0.489 e. The van der Waals surface area contributed by atoms with Gasteiger partial charge in [0.05, 0.1) is 11.1 Å². The first kappa shape index (κ1) is 20.5. The Morgan fingerprint density at radius 2 is 1.90 bits per heavy atom. The first-order chi connectivity index (χ1) is 14.5. The number of ether oxygens (including phenoxy) is 1. The number of halogens is 1. The molecule has 0 N–H and O–H groups in total. The molecule has 0 aliphatic carbocycles. The SMILES string of the molecule is CCCCCn1ccc2cc(-c3noc(-c4ccc(OC(C)C)c(Cl)c4)n3)ccc21. The lowest BCUT2D eigenvalue weighted by atomic mass is 10.1. The van der Waals surface area contributed by atoms with Crippen molar-refractivity contribution in [3.63, 3.8) is 0 Å². The predicted octanol–water partition coefficient (Wildman–Crippen LogP) is 6.99. The molecule has 0 aliphatic rings. The molecule has 0 atom stereocenters. The van der Waals surface area contributed by atoms with Gasteiger partial charge in [-0.05, 0) is 62.7 Å². The molecule has 0 amide bonds. The highest BCUT2D eigenvalue weighted by molar-refractivity contribution is 6.32. The van der Waals surface area contributed by atoms with E-state index in [0.29, 0.717) is 22.5 Å². The van der Waals surface area contributed by atoms with Crippen molar-refractivity contribution in [1.29, 1.82) is 0 Å². The van der Waals surface area contributed by atoms with E-state index in [0.717, 1.165) is 17.7 Å². The van der Waals surface area contributed by atoms with Crippen LogP contribution in [0.15, 0.2) is 53.2 Å². The lowest BCUT2D eigenvalue weighted by Gasteiger charge is -2.11. The number of aryl methyl sites for hydroxylation is 1. The Hall–Kier alpha value is -2.79. The Labute approximate surface area is 181 Å². The monoisotopic (exact) mass is 423 g/mol. The van der Waals surface area contributed by atoms with Crippen LogP contribution in [0.3, 0.4) is 0 Å². The lowest BCUT2D eigenvalue weighted by molar-refractivity contribution is 0.242. The summed E-state index contributed by atoms with van der Waals surface area (Å²) in [4.78, 5) is 4.57. The molecule has 0 saturated carbocycles. The summed E-state index contributed by atoms with van der Waals surface area (Å²) in [5, 5.41) is 5.87. The van der Waals surface area contributed by atoms with Gasteiger partial charge in [0.2, 0.25) is 5.82 Å². The fourth-order valence-corrected chi connectivity index (χ4v) is 3.73. The molecule has 4 aromatic rings. The second-order valence-corrected chi connectivity index (χ2v) is 8.13. The molecular weight excluding hydrogens is 398 g/mol. The topological polar surface area (TPSA) is 53.1 Å². The quantitative estimate of drug-likeness (QED) is 0.286. The van der Waals surface area contributed by atoms with Crippen LogP contribution in [0.5, 0.6) is 5.75 Å². The normalized spacial score (nSPS) is 11.5. The molecule has 6 heteroatoms. The molecule has 5 nitrogen and oxygen atoms in total. The number of hydrogen-bond donors (Lipinski definition) is 0. The second-order valence-electron chi connectivity index (χ2n) is 7.72. The van der Waals surface area contributed by atoms with Crippen molar-refractivity contribution in [3.05, 3.63) is 53.7 Å². The maximum absolute atomic E-state index is 6.34. The summed E-state index contributed by atoms with van der Waals surface area (Å²) in [6, 6.07) is 13.9. The summed E-state index contributed by atoms with van der Waals surface area (Å²) >= 11 is 6.34. The zero-order valence-corrected chi connectivity index (χ0v) is 18.3. The molecule has 156 valence electrons. The van der Waals surface area contributed by atoms with Gasteiger partial charge < -0.3 is 13.8 Å². The van der Waals surface area contributed by atoms with Crippen LogP contribution in [-0.4, -0.2) is 20.8 Å². The largest absolute Gasteiger partial charge is 0.489 e. The second kappa shape index (κ2) is 8.92. The molecule has 0 saturated heterocycles. The molecule has 2 heterocycles. The van der Waals surface area contributed by atoms with Crippen LogP contribution >= 0.6 is 11.6 Å². The van der Waals surface area contributed by atoms with Crippen molar-refractivity contribution in [2.24, 2.45) is 0 Å². The highest BCUT2D eigenvalue weighted by Gasteiger charge is 2.14. The van der Waals surface area contributed by atoms with Gasteiger partial charge in [0.1, 0.15) is 5.75 Å². The van der Waals surface area contributed by atoms with E-state index in [2.05, 4.69) is 46.0 Å². The van der Waals surface area contributed by atoms with Crippen LogP contribution in [0, 0.1) is 0 Å². The number of nitrogens with zero attached hydrogens (tertiary/aromatic N) is 3. The first-order valence-electron chi connectivity index (χ1n) is 10.4. The molecule has 0 fully saturated rings. The summed E-state index contributed by atoms with van der Waals surface area (Å²) < 4.78 is 13.5. The molecular formula is C24H26ClN3O2. The van der Waals surface area contributed by atoms with E-state index in [9.17, 15) is 0 Å². The number of hydrogen-bond acceptors (Lipinski definition) is 4. The predicted molar refractivity (Wildman–Crippen MR) is 121 cm³/mol. The van der Waals surface area contributed by atoms with E-state index in [4.69, 9.17) is 20.9 Å². The summed E-state index contributed by atoms with van der Waals surface area (Å²) in [6.07, 6.45) is 5.87. The van der Waals surface area contributed by atoms with E-state index >= 15 is 0 Å². The van der Waals surface area contributed by atoms with Gasteiger partial charge in [-0.1, -0.05) is 36.5 Å². The van der Waals surface area contributed by atoms with Crippen LogP contribution in [0.1, 0.15) is 40.0 Å². The van der Waals surface area contributed by atoms with Gasteiger partial charge in [-0.15, -0.1) is 0 Å². The average Bonchev–Trinajstić information content (AvgIpc) is 3.37. The molecule has 0 aliphatic heterocycles. The Bertz CT molecular complexity index is 1150. The van der Waals surface area contributed by atoms with Crippen molar-refractivity contribution >= 4 is 22.5 Å². The summed E-state index contributed by atoms with van der Waals surface area (Å²) in [6.45, 7) is 7.19. The van der Waals surface area contributed by atoms with Crippen LogP contribution in [0.2, 0.25) is 5.02 Å². The van der Waals surface area contributed by atoms with E-state index in [-0.39, 0.29) is 6.10 Å². The molecule has 0 unspecified atom stereocenters. The van der Waals surface area contributed by atoms with Gasteiger partial charge >= 0.3 is 0 Å². The zero-order chi connectivity index (χ0) is 21.1. The summed E-state index contributed by atoms with van der Waals surface area (Å²) in [5.41, 5.74) is 2.92. The van der Waals surface area contributed by atoms with Crippen molar-refractivity contribution in [2.75, 3.05) is 0 Å². The van der Waals surface area contributed by atoms with Gasteiger partial charge in [-0.3, -0.25) is 0 Å². The average molecular weight is 424 g/mol. The van der Waals surface area contributed by atoms with E-state index < -0.39 is 0 Å². The van der Waals surface area contributed by atoms with Crippen LogP contribution in [0.25, 0.3) is 33.7 Å². The van der Waals surface area contributed by atoms with Crippen LogP contribution in [-0.2, 0) is 6.54 Å². The fraction of sp³-hybridized carbons (Fsp3) is 0.333. The highest BCUT2D eigenvalue weighted by atomic mass is 35.5. The maximum Gasteiger partial charge on any atom is 0.258 e. The van der Waals surface area contributed by atoms with Gasteiger partial charge in [-0.25, -0.2) is 0 Å². The Morgan fingerprint density at radius 3 is 2.67 bits per heavy atom. The molecule has 0 spiro atoms. The van der Waals surface area contributed by atoms with E-state index in [1.54, 1.807) is 6.07 Å². The molecule has 0 radical (unpaired) electrons. The molecule has 4 rings (SSSR count). The first-order valence-corrected chi connectivity index (χ1v) is 10.8. The Balaban J connectivity index is 1.56. The molecule has 0 bridgehead atoms. The summed E-state index contributed by atoms with van der Waals surface area (Å²) in [5.74, 6) is 1.63. The minimum absolute atomic E-state index is 0.0554. The van der Waals surface area contributed by atoms with Crippen molar-refractivity contribution in [2.45, 2.75) is 52.7 Å². The minimum atomic E-state index is 0.0554. The third-order valence-corrected chi connectivity index (χ3v) is 5.29. The lowest BCUT2D eigenvalue weighted by Crippen LogP contribution is -2.05. The van der Waals surface area contributed by atoms with Crippen molar-refractivity contribution < 1.29 is 9.26 Å². The van der Waals surface area contributed by atoms with Gasteiger partial charge in [0.25, 0.3) is 5.89 Å². The van der Waals surface area contributed by atoms with Crippen LogP contribution < -0.4 is 4.74 Å². The van der Waals surface area contributed by atoms with Gasteiger partial charge in [0.15, 0.2) is 0 Å². The van der Waals surface area contributed by atoms with E-state index in [1.807, 2.05) is 32.0 Å². The third kappa shape index (κ3) is 4.36. The Kier molecular flexibility index (Phi) is 6.09. The zero-order valence-electron chi connectivity index (χ0n) is 17.6. The number of rotatable bonds is 8.